The van der Waals surface area contributed by atoms with Gasteiger partial charge in [0.15, 0.2) is 0 Å². The highest BCUT2D eigenvalue weighted by Gasteiger charge is 2.34. The average molecular weight is 273 g/mol. The second-order valence-electron chi connectivity index (χ2n) is 5.29. The lowest BCUT2D eigenvalue weighted by molar-refractivity contribution is -0.137. The summed E-state index contributed by atoms with van der Waals surface area (Å²) in [6.45, 7) is 4.00. The van der Waals surface area contributed by atoms with Crippen LogP contribution in [0.5, 0.6) is 0 Å². The minimum atomic E-state index is -0.859. The zero-order valence-electron chi connectivity index (χ0n) is 11.4. The molecule has 0 aliphatic carbocycles. The van der Waals surface area contributed by atoms with Gasteiger partial charge >= 0.3 is 13.5 Å². The third-order valence-corrected chi connectivity index (χ3v) is 3.86. The van der Waals surface area contributed by atoms with E-state index >= 15 is 0 Å². The summed E-state index contributed by atoms with van der Waals surface area (Å²) >= 11 is 0. The van der Waals surface area contributed by atoms with Crippen molar-refractivity contribution in [2.75, 3.05) is 0 Å². The minimum absolute atomic E-state index is 0.0304. The number of carbonyl (C=O) groups is 1. The van der Waals surface area contributed by atoms with Crippen molar-refractivity contribution in [3.8, 4) is 0 Å². The molecule has 0 spiro atoms. The van der Waals surface area contributed by atoms with Crippen LogP contribution in [0.15, 0.2) is 23.7 Å². The number of allylic oxidation sites excluding steroid dienone is 1. The topological polar surface area (TPSA) is 45.5 Å². The first-order valence-electron chi connectivity index (χ1n) is 6.60. The van der Waals surface area contributed by atoms with Crippen LogP contribution >= 0.6 is 0 Å². The van der Waals surface area contributed by atoms with Crippen LogP contribution in [0.1, 0.15) is 29.8 Å². The summed E-state index contributed by atoms with van der Waals surface area (Å²) in [6, 6.07) is 1.83. The SMILES string of the molecule is Cc1cc(C)n2c1C=C1C(F)=CC(CCC(=O)O)N1[B]2. The zero-order chi connectivity index (χ0) is 14.4. The Labute approximate surface area is 117 Å². The molecule has 4 nitrogen and oxygen atoms in total. The number of hydrogen-bond donors (Lipinski definition) is 1. The maximum Gasteiger partial charge on any atom is 0.396 e. The molecule has 20 heavy (non-hydrogen) atoms. The number of fused-ring (bicyclic) bond motifs is 2. The molecule has 0 bridgehead atoms. The summed E-state index contributed by atoms with van der Waals surface area (Å²) in [5, 5.41) is 8.78. The van der Waals surface area contributed by atoms with Crippen molar-refractivity contribution >= 4 is 19.6 Å². The van der Waals surface area contributed by atoms with Crippen molar-refractivity contribution in [3.05, 3.63) is 40.6 Å². The van der Waals surface area contributed by atoms with Crippen molar-refractivity contribution < 1.29 is 14.3 Å². The van der Waals surface area contributed by atoms with Crippen LogP contribution in [0.3, 0.4) is 0 Å². The number of aromatic nitrogens is 1. The van der Waals surface area contributed by atoms with Crippen molar-refractivity contribution in [2.45, 2.75) is 32.7 Å². The van der Waals surface area contributed by atoms with E-state index in [1.807, 2.05) is 36.8 Å². The van der Waals surface area contributed by atoms with Gasteiger partial charge < -0.3 is 14.4 Å². The number of rotatable bonds is 3. The Morgan fingerprint density at radius 3 is 2.95 bits per heavy atom. The fraction of sp³-hybridized carbons (Fsp3) is 0.357. The van der Waals surface area contributed by atoms with Crippen LogP contribution in [0.4, 0.5) is 4.39 Å². The van der Waals surface area contributed by atoms with Gasteiger partial charge in [-0.15, -0.1) is 0 Å². The number of aryl methyl sites for hydroxylation is 2. The van der Waals surface area contributed by atoms with Gasteiger partial charge in [-0.2, -0.15) is 0 Å². The molecule has 1 unspecified atom stereocenters. The molecule has 0 amide bonds. The minimum Gasteiger partial charge on any atom is -0.481 e. The Balaban J connectivity index is 1.92. The summed E-state index contributed by atoms with van der Waals surface area (Å²) in [5.41, 5.74) is 3.69. The molecule has 103 valence electrons. The van der Waals surface area contributed by atoms with E-state index < -0.39 is 5.97 Å². The Kier molecular flexibility index (Phi) is 2.96. The molecule has 1 radical (unpaired) electrons. The molecule has 0 saturated carbocycles. The summed E-state index contributed by atoms with van der Waals surface area (Å²) in [4.78, 5) is 12.5. The Morgan fingerprint density at radius 1 is 1.50 bits per heavy atom. The second kappa shape index (κ2) is 4.54. The number of carboxylic acid groups (broad SMARTS) is 1. The molecule has 3 rings (SSSR count). The summed E-state index contributed by atoms with van der Waals surface area (Å²) < 4.78 is 16.1. The third kappa shape index (κ3) is 1.95. The average Bonchev–Trinajstić information content (AvgIpc) is 2.85. The van der Waals surface area contributed by atoms with Gasteiger partial charge in [-0.25, -0.2) is 4.39 Å². The van der Waals surface area contributed by atoms with Gasteiger partial charge in [-0.05, 0) is 44.1 Å². The highest BCUT2D eigenvalue weighted by Crippen LogP contribution is 2.35. The highest BCUT2D eigenvalue weighted by molar-refractivity contribution is 6.33. The van der Waals surface area contributed by atoms with Crippen LogP contribution in [0, 0.1) is 13.8 Å². The lowest BCUT2D eigenvalue weighted by atomic mass is 9.97. The van der Waals surface area contributed by atoms with E-state index in [4.69, 9.17) is 5.11 Å². The molecule has 0 aromatic carbocycles. The van der Waals surface area contributed by atoms with Crippen LogP contribution in [-0.2, 0) is 4.79 Å². The monoisotopic (exact) mass is 273 g/mol. The molecule has 3 heterocycles. The molecule has 2 aliphatic heterocycles. The van der Waals surface area contributed by atoms with Crippen LogP contribution in [0.2, 0.25) is 0 Å². The lowest BCUT2D eigenvalue weighted by Crippen LogP contribution is -2.39. The molecule has 0 fully saturated rings. The molecule has 0 saturated heterocycles. The van der Waals surface area contributed by atoms with E-state index in [-0.39, 0.29) is 18.3 Å². The van der Waals surface area contributed by atoms with Crippen LogP contribution < -0.4 is 0 Å². The molecular weight excluding hydrogens is 258 g/mol. The van der Waals surface area contributed by atoms with Gasteiger partial charge in [0.2, 0.25) is 0 Å². The molecular formula is C14H15BFN2O2. The molecule has 1 N–H and O–H groups in total. The van der Waals surface area contributed by atoms with Crippen molar-refractivity contribution in [2.24, 2.45) is 0 Å². The quantitative estimate of drug-likeness (QED) is 0.859. The Bertz CT molecular complexity index is 648. The highest BCUT2D eigenvalue weighted by atomic mass is 19.1. The normalized spacial score (nSPS) is 19.9. The van der Waals surface area contributed by atoms with Gasteiger partial charge in [0, 0.05) is 23.9 Å². The van der Waals surface area contributed by atoms with Gasteiger partial charge in [-0.1, -0.05) is 0 Å². The molecule has 1 aromatic rings. The Morgan fingerprint density at radius 2 is 2.25 bits per heavy atom. The van der Waals surface area contributed by atoms with E-state index in [0.29, 0.717) is 12.1 Å². The first kappa shape index (κ1) is 13.0. The number of halogens is 1. The summed E-state index contributed by atoms with van der Waals surface area (Å²) in [5.74, 6) is -1.14. The van der Waals surface area contributed by atoms with E-state index in [1.165, 1.54) is 6.08 Å². The predicted octanol–water partition coefficient (Wildman–Crippen LogP) is 2.24. The Hall–Kier alpha value is -1.98. The molecule has 6 heteroatoms. The predicted molar refractivity (Wildman–Crippen MR) is 74.7 cm³/mol. The maximum absolute atomic E-state index is 14.0. The van der Waals surface area contributed by atoms with Crippen LogP contribution in [0.25, 0.3) is 6.08 Å². The number of hydrogen-bond acceptors (Lipinski definition) is 2. The van der Waals surface area contributed by atoms with Gasteiger partial charge in [0.1, 0.15) is 5.83 Å². The first-order valence-corrected chi connectivity index (χ1v) is 6.60. The molecule has 1 atom stereocenters. The molecule has 2 aliphatic rings. The third-order valence-electron chi connectivity index (χ3n) is 3.86. The summed E-state index contributed by atoms with van der Waals surface area (Å²) in [7, 11) is 1.86. The van der Waals surface area contributed by atoms with Gasteiger partial charge in [-0.3, -0.25) is 4.79 Å². The first-order chi connectivity index (χ1) is 9.47. The number of carboxylic acids is 1. The van der Waals surface area contributed by atoms with Crippen molar-refractivity contribution in [3.63, 3.8) is 0 Å². The largest absolute Gasteiger partial charge is 0.481 e. The van der Waals surface area contributed by atoms with E-state index in [0.717, 1.165) is 17.0 Å². The second-order valence-corrected chi connectivity index (χ2v) is 5.29. The summed E-state index contributed by atoms with van der Waals surface area (Å²) in [6.07, 6.45) is 3.76. The number of aliphatic carboxylic acids is 1. The fourth-order valence-electron chi connectivity index (χ4n) is 2.85. The van der Waals surface area contributed by atoms with E-state index in [1.54, 1.807) is 0 Å². The van der Waals surface area contributed by atoms with Gasteiger partial charge in [0.05, 0.1) is 5.70 Å². The van der Waals surface area contributed by atoms with Gasteiger partial charge in [0.25, 0.3) is 0 Å². The standard InChI is InChI=1S/C14H15BFN2O2/c1-8-5-9(2)17-12(8)7-13-11(16)6-10(18(13)15-17)3-4-14(19)20/h5-7,10H,3-4H2,1-2H3,(H,19,20). The molecule has 1 aromatic heterocycles. The van der Waals surface area contributed by atoms with Crippen molar-refractivity contribution in [1.29, 1.82) is 0 Å². The zero-order valence-corrected chi connectivity index (χ0v) is 11.4. The van der Waals surface area contributed by atoms with E-state index in [2.05, 4.69) is 6.07 Å². The number of nitrogens with zero attached hydrogens (tertiary/aromatic N) is 2. The van der Waals surface area contributed by atoms with Crippen LogP contribution in [-0.4, -0.2) is 34.0 Å². The maximum atomic E-state index is 14.0. The van der Waals surface area contributed by atoms with Crippen molar-refractivity contribution in [1.82, 2.24) is 9.29 Å². The smallest absolute Gasteiger partial charge is 0.396 e. The van der Waals surface area contributed by atoms with E-state index in [9.17, 15) is 9.18 Å². The fourth-order valence-corrected chi connectivity index (χ4v) is 2.85. The lowest BCUT2D eigenvalue weighted by Gasteiger charge is -2.31.